The molecule has 0 unspecified atom stereocenters. The van der Waals surface area contributed by atoms with Crippen molar-refractivity contribution >= 4 is 0 Å². The van der Waals surface area contributed by atoms with Gasteiger partial charge in [-0.2, -0.15) is 0 Å². The maximum atomic E-state index is 5.68. The van der Waals surface area contributed by atoms with E-state index in [4.69, 9.17) is 5.73 Å². The second-order valence-electron chi connectivity index (χ2n) is 3.25. The van der Waals surface area contributed by atoms with Gasteiger partial charge in [-0.15, -0.1) is 0 Å². The average Bonchev–Trinajstić information content (AvgIpc) is 2.13. The third kappa shape index (κ3) is 0.576. The van der Waals surface area contributed by atoms with Gasteiger partial charge in [0.15, 0.2) is 0 Å². The lowest BCUT2D eigenvalue weighted by Crippen LogP contribution is -2.17. The highest BCUT2D eigenvalue weighted by molar-refractivity contribution is 4.97. The van der Waals surface area contributed by atoms with Crippen LogP contribution in [0.5, 0.6) is 0 Å². The number of hydrogen-bond donors (Lipinski definition) is 1. The molecule has 1 nitrogen and oxygen atoms in total. The van der Waals surface area contributed by atoms with Gasteiger partial charge >= 0.3 is 0 Å². The van der Waals surface area contributed by atoms with Crippen LogP contribution in [0.4, 0.5) is 0 Å². The molecule has 2 rings (SSSR count). The lowest BCUT2D eigenvalue weighted by molar-refractivity contribution is 0.273. The van der Waals surface area contributed by atoms with E-state index in [2.05, 4.69) is 0 Å². The number of hydrogen-bond acceptors (Lipinski definition) is 1. The molecule has 1 heteroatoms. The van der Waals surface area contributed by atoms with Crippen LogP contribution in [-0.4, -0.2) is 6.04 Å². The molecule has 0 saturated heterocycles. The van der Waals surface area contributed by atoms with Crippen LogP contribution in [0, 0.1) is 11.8 Å². The molecule has 0 aromatic carbocycles. The fraction of sp³-hybridized carbons (Fsp3) is 1.00. The van der Waals surface area contributed by atoms with Crippen molar-refractivity contribution in [3.63, 3.8) is 0 Å². The third-order valence-corrected chi connectivity index (χ3v) is 2.65. The Morgan fingerprint density at radius 3 is 2.00 bits per heavy atom. The molecule has 46 valence electrons. The highest BCUT2D eigenvalue weighted by Gasteiger charge is 2.42. The van der Waals surface area contributed by atoms with Gasteiger partial charge in [0.1, 0.15) is 0 Å². The summed E-state index contributed by atoms with van der Waals surface area (Å²) in [6.07, 6.45) is 5.73. The van der Waals surface area contributed by atoms with Crippen LogP contribution in [0.25, 0.3) is 0 Å². The van der Waals surface area contributed by atoms with Gasteiger partial charge in [-0.1, -0.05) is 19.3 Å². The molecule has 0 aromatic heterocycles. The minimum Gasteiger partial charge on any atom is -0.327 e. The molecule has 0 radical (unpaired) electrons. The first-order valence-electron chi connectivity index (χ1n) is 3.63. The predicted octanol–water partition coefficient (Wildman–Crippen LogP) is 1.13. The van der Waals surface area contributed by atoms with Crippen LogP contribution in [0.1, 0.15) is 25.7 Å². The molecule has 2 aliphatic rings. The summed E-state index contributed by atoms with van der Waals surface area (Å²) in [5.74, 6) is 1.99. The van der Waals surface area contributed by atoms with E-state index in [9.17, 15) is 0 Å². The zero-order chi connectivity index (χ0) is 5.56. The maximum Gasteiger partial charge on any atom is 0.00737 e. The Labute approximate surface area is 50.3 Å². The summed E-state index contributed by atoms with van der Waals surface area (Å²) in [6, 6.07) is 0.597. The Morgan fingerprint density at radius 1 is 1.25 bits per heavy atom. The Balaban J connectivity index is 1.82. The van der Waals surface area contributed by atoms with Gasteiger partial charge in [0.2, 0.25) is 0 Å². The van der Waals surface area contributed by atoms with Crippen LogP contribution in [-0.2, 0) is 0 Å². The lowest BCUT2D eigenvalue weighted by Gasteiger charge is -2.24. The summed E-state index contributed by atoms with van der Waals surface area (Å²) in [6.45, 7) is 0. The van der Waals surface area contributed by atoms with Crippen LogP contribution < -0.4 is 5.73 Å². The van der Waals surface area contributed by atoms with Gasteiger partial charge in [-0.05, 0) is 18.3 Å². The van der Waals surface area contributed by atoms with Crippen molar-refractivity contribution in [2.75, 3.05) is 0 Å². The molecule has 2 atom stereocenters. The van der Waals surface area contributed by atoms with E-state index in [1.807, 2.05) is 0 Å². The minimum absolute atomic E-state index is 0.597. The minimum atomic E-state index is 0.597. The molecule has 2 fully saturated rings. The van der Waals surface area contributed by atoms with Crippen LogP contribution in [0.3, 0.4) is 0 Å². The van der Waals surface area contributed by atoms with Crippen molar-refractivity contribution in [3.05, 3.63) is 0 Å². The van der Waals surface area contributed by atoms with E-state index in [1.165, 1.54) is 25.7 Å². The smallest absolute Gasteiger partial charge is 0.00737 e. The van der Waals surface area contributed by atoms with E-state index in [-0.39, 0.29) is 0 Å². The summed E-state index contributed by atoms with van der Waals surface area (Å²) in [5.41, 5.74) is 5.68. The van der Waals surface area contributed by atoms with E-state index in [0.717, 1.165) is 11.8 Å². The second kappa shape index (κ2) is 1.47. The molecule has 0 aliphatic heterocycles. The summed E-state index contributed by atoms with van der Waals surface area (Å²) >= 11 is 0. The Morgan fingerprint density at radius 2 is 1.88 bits per heavy atom. The van der Waals surface area contributed by atoms with E-state index in [0.29, 0.717) is 6.04 Å². The van der Waals surface area contributed by atoms with Gasteiger partial charge < -0.3 is 5.73 Å². The second-order valence-corrected chi connectivity index (χ2v) is 3.25. The van der Waals surface area contributed by atoms with Crippen molar-refractivity contribution in [1.29, 1.82) is 0 Å². The van der Waals surface area contributed by atoms with Gasteiger partial charge in [0.05, 0.1) is 0 Å². The zero-order valence-electron chi connectivity index (χ0n) is 5.14. The number of rotatable bonds is 1. The van der Waals surface area contributed by atoms with E-state index >= 15 is 0 Å². The molecule has 0 heterocycles. The van der Waals surface area contributed by atoms with E-state index < -0.39 is 0 Å². The largest absolute Gasteiger partial charge is 0.327 e. The SMILES string of the molecule is N[C@H]1C[C@H]1C1CCC1. The van der Waals surface area contributed by atoms with E-state index in [1.54, 1.807) is 0 Å². The molecular formula is C7H13N. The quantitative estimate of drug-likeness (QED) is 0.539. The Hall–Kier alpha value is -0.0400. The predicted molar refractivity (Wildman–Crippen MR) is 33.4 cm³/mol. The van der Waals surface area contributed by atoms with Crippen molar-refractivity contribution < 1.29 is 0 Å². The fourth-order valence-corrected chi connectivity index (χ4v) is 1.65. The summed E-state index contributed by atoms with van der Waals surface area (Å²) < 4.78 is 0. The van der Waals surface area contributed by atoms with Crippen LogP contribution >= 0.6 is 0 Å². The summed E-state index contributed by atoms with van der Waals surface area (Å²) in [7, 11) is 0. The van der Waals surface area contributed by atoms with Crippen molar-refractivity contribution in [2.45, 2.75) is 31.7 Å². The van der Waals surface area contributed by atoms with Gasteiger partial charge in [0.25, 0.3) is 0 Å². The molecule has 2 aliphatic carbocycles. The highest BCUT2D eigenvalue weighted by atomic mass is 14.8. The third-order valence-electron chi connectivity index (χ3n) is 2.65. The molecule has 2 saturated carbocycles. The fourth-order valence-electron chi connectivity index (χ4n) is 1.65. The first-order valence-corrected chi connectivity index (χ1v) is 3.63. The standard InChI is InChI=1S/C7H13N/c8-7-4-6(7)5-2-1-3-5/h5-7H,1-4,8H2/t6-,7-/m0/s1. The molecular weight excluding hydrogens is 98.1 g/mol. The molecule has 8 heavy (non-hydrogen) atoms. The Bertz CT molecular complexity index is 93.8. The first-order chi connectivity index (χ1) is 3.88. The van der Waals surface area contributed by atoms with Crippen LogP contribution in [0.2, 0.25) is 0 Å². The van der Waals surface area contributed by atoms with Gasteiger partial charge in [-0.25, -0.2) is 0 Å². The van der Waals surface area contributed by atoms with Crippen LogP contribution in [0.15, 0.2) is 0 Å². The highest BCUT2D eigenvalue weighted by Crippen LogP contribution is 2.45. The maximum absolute atomic E-state index is 5.68. The molecule has 0 amide bonds. The molecule has 0 aromatic rings. The average molecular weight is 111 g/mol. The van der Waals surface area contributed by atoms with Gasteiger partial charge in [-0.3, -0.25) is 0 Å². The van der Waals surface area contributed by atoms with Crippen molar-refractivity contribution in [3.8, 4) is 0 Å². The number of nitrogens with two attached hydrogens (primary N) is 1. The van der Waals surface area contributed by atoms with Crippen molar-refractivity contribution in [1.82, 2.24) is 0 Å². The summed E-state index contributed by atoms with van der Waals surface area (Å²) in [4.78, 5) is 0. The topological polar surface area (TPSA) is 26.0 Å². The Kier molecular flexibility index (Phi) is 0.884. The summed E-state index contributed by atoms with van der Waals surface area (Å²) in [5, 5.41) is 0. The first kappa shape index (κ1) is 4.80. The normalized spacial score (nSPS) is 46.1. The monoisotopic (exact) mass is 111 g/mol. The molecule has 0 spiro atoms. The zero-order valence-corrected chi connectivity index (χ0v) is 5.14. The lowest BCUT2D eigenvalue weighted by atomic mass is 9.81. The molecule has 0 bridgehead atoms. The van der Waals surface area contributed by atoms with Gasteiger partial charge in [0, 0.05) is 6.04 Å². The van der Waals surface area contributed by atoms with Crippen molar-refractivity contribution in [2.24, 2.45) is 17.6 Å². The molecule has 2 N–H and O–H groups in total.